The van der Waals surface area contributed by atoms with Crippen molar-refractivity contribution in [1.29, 1.82) is 0 Å². The Morgan fingerprint density at radius 2 is 1.95 bits per heavy atom. The Kier molecular flexibility index (Phi) is 6.03. The van der Waals surface area contributed by atoms with Crippen LogP contribution in [0.25, 0.3) is 0 Å². The Hall–Kier alpha value is -1.35. The number of aryl methyl sites for hydroxylation is 2. The van der Waals surface area contributed by atoms with E-state index in [2.05, 4.69) is 45.1 Å². The Balaban J connectivity index is 3.00. The first-order valence-electron chi connectivity index (χ1n) is 6.99. The van der Waals surface area contributed by atoms with Crippen LogP contribution in [0.2, 0.25) is 0 Å². The molecule has 0 saturated carbocycles. The van der Waals surface area contributed by atoms with Crippen molar-refractivity contribution in [2.45, 2.75) is 53.1 Å². The van der Waals surface area contributed by atoms with Crippen LogP contribution in [0.15, 0.2) is 18.2 Å². The van der Waals surface area contributed by atoms with E-state index in [1.165, 1.54) is 11.1 Å². The molecular formula is C16H25NO2. The molecule has 0 amide bonds. The van der Waals surface area contributed by atoms with E-state index in [1.807, 2.05) is 13.0 Å². The second-order valence-corrected chi connectivity index (χ2v) is 5.00. The number of ether oxygens (including phenoxy) is 1. The fourth-order valence-electron chi connectivity index (χ4n) is 1.87. The summed E-state index contributed by atoms with van der Waals surface area (Å²) in [6.07, 6.45) is 0.973. The molecule has 0 aliphatic rings. The summed E-state index contributed by atoms with van der Waals surface area (Å²) in [5.74, 6) is -0.203. The Bertz CT molecular complexity index is 429. The third kappa shape index (κ3) is 4.35. The summed E-state index contributed by atoms with van der Waals surface area (Å²) in [5.41, 5.74) is 3.40. The SMILES string of the molecule is CCOC(=O)C(NC(C)CC)c1ccc(C)c(C)c1. The number of carbonyl (C=O) groups is 1. The number of hydrogen-bond donors (Lipinski definition) is 1. The predicted octanol–water partition coefficient (Wildman–Crippen LogP) is 3.30. The number of carbonyl (C=O) groups excluding carboxylic acids is 1. The van der Waals surface area contributed by atoms with Gasteiger partial charge in [0.2, 0.25) is 0 Å². The van der Waals surface area contributed by atoms with Crippen LogP contribution >= 0.6 is 0 Å². The zero-order valence-corrected chi connectivity index (χ0v) is 12.6. The minimum Gasteiger partial charge on any atom is -0.465 e. The normalized spacial score (nSPS) is 13.9. The smallest absolute Gasteiger partial charge is 0.327 e. The molecule has 2 unspecified atom stereocenters. The zero-order valence-electron chi connectivity index (χ0n) is 12.6. The number of esters is 1. The van der Waals surface area contributed by atoms with Gasteiger partial charge in [-0.3, -0.25) is 5.32 Å². The first kappa shape index (κ1) is 15.7. The van der Waals surface area contributed by atoms with Crippen LogP contribution in [0, 0.1) is 13.8 Å². The number of hydrogen-bond acceptors (Lipinski definition) is 3. The third-order valence-electron chi connectivity index (χ3n) is 3.45. The van der Waals surface area contributed by atoms with Crippen molar-refractivity contribution in [2.75, 3.05) is 6.61 Å². The number of benzene rings is 1. The topological polar surface area (TPSA) is 38.3 Å². The molecule has 0 radical (unpaired) electrons. The van der Waals surface area contributed by atoms with Crippen molar-refractivity contribution in [2.24, 2.45) is 0 Å². The molecule has 0 fully saturated rings. The summed E-state index contributed by atoms with van der Waals surface area (Å²) in [4.78, 5) is 12.1. The predicted molar refractivity (Wildman–Crippen MR) is 78.2 cm³/mol. The fraction of sp³-hybridized carbons (Fsp3) is 0.562. The molecule has 1 rings (SSSR count). The second-order valence-electron chi connectivity index (χ2n) is 5.00. The lowest BCUT2D eigenvalue weighted by Gasteiger charge is -2.22. The van der Waals surface area contributed by atoms with Crippen molar-refractivity contribution in [3.05, 3.63) is 34.9 Å². The van der Waals surface area contributed by atoms with Crippen molar-refractivity contribution < 1.29 is 9.53 Å². The summed E-state index contributed by atoms with van der Waals surface area (Å²) in [6.45, 7) is 10.5. The van der Waals surface area contributed by atoms with Gasteiger partial charge in [0.1, 0.15) is 6.04 Å². The van der Waals surface area contributed by atoms with Crippen molar-refractivity contribution in [3.8, 4) is 0 Å². The number of rotatable bonds is 6. The molecule has 0 aliphatic carbocycles. The van der Waals surface area contributed by atoms with E-state index in [4.69, 9.17) is 4.74 Å². The fourth-order valence-corrected chi connectivity index (χ4v) is 1.87. The van der Waals surface area contributed by atoms with Crippen molar-refractivity contribution in [1.82, 2.24) is 5.32 Å². The highest BCUT2D eigenvalue weighted by Gasteiger charge is 2.23. The lowest BCUT2D eigenvalue weighted by Crippen LogP contribution is -2.36. The van der Waals surface area contributed by atoms with Gasteiger partial charge in [-0.25, -0.2) is 4.79 Å². The van der Waals surface area contributed by atoms with E-state index in [0.717, 1.165) is 12.0 Å². The van der Waals surface area contributed by atoms with Gasteiger partial charge < -0.3 is 4.74 Å². The lowest BCUT2D eigenvalue weighted by atomic mass is 10.00. The molecule has 0 saturated heterocycles. The molecule has 19 heavy (non-hydrogen) atoms. The molecule has 2 atom stereocenters. The highest BCUT2D eigenvalue weighted by Crippen LogP contribution is 2.19. The third-order valence-corrected chi connectivity index (χ3v) is 3.45. The monoisotopic (exact) mass is 263 g/mol. The Morgan fingerprint density at radius 3 is 2.47 bits per heavy atom. The maximum Gasteiger partial charge on any atom is 0.327 e. The van der Waals surface area contributed by atoms with Crippen LogP contribution < -0.4 is 5.32 Å². The molecule has 0 aliphatic heterocycles. The quantitative estimate of drug-likeness (QED) is 0.800. The largest absolute Gasteiger partial charge is 0.465 e. The van der Waals surface area contributed by atoms with Gasteiger partial charge >= 0.3 is 5.97 Å². The van der Waals surface area contributed by atoms with Gasteiger partial charge in [-0.05, 0) is 50.8 Å². The van der Waals surface area contributed by atoms with E-state index in [-0.39, 0.29) is 18.1 Å². The molecular weight excluding hydrogens is 238 g/mol. The Labute approximate surface area is 116 Å². The average Bonchev–Trinajstić information content (AvgIpc) is 2.39. The van der Waals surface area contributed by atoms with E-state index in [0.29, 0.717) is 6.61 Å². The van der Waals surface area contributed by atoms with E-state index >= 15 is 0 Å². The maximum atomic E-state index is 12.1. The van der Waals surface area contributed by atoms with Gasteiger partial charge in [0.05, 0.1) is 6.61 Å². The molecule has 3 heteroatoms. The van der Waals surface area contributed by atoms with Crippen LogP contribution in [0.4, 0.5) is 0 Å². The first-order valence-corrected chi connectivity index (χ1v) is 6.99. The molecule has 0 heterocycles. The van der Waals surface area contributed by atoms with Gasteiger partial charge in [0, 0.05) is 6.04 Å². The minimum absolute atomic E-state index is 0.203. The van der Waals surface area contributed by atoms with Gasteiger partial charge in [-0.1, -0.05) is 25.1 Å². The summed E-state index contributed by atoms with van der Waals surface area (Å²) < 4.78 is 5.17. The summed E-state index contributed by atoms with van der Waals surface area (Å²) >= 11 is 0. The zero-order chi connectivity index (χ0) is 14.4. The lowest BCUT2D eigenvalue weighted by molar-refractivity contribution is -0.146. The Morgan fingerprint density at radius 1 is 1.26 bits per heavy atom. The van der Waals surface area contributed by atoms with E-state index < -0.39 is 0 Å². The average molecular weight is 263 g/mol. The highest BCUT2D eigenvalue weighted by atomic mass is 16.5. The van der Waals surface area contributed by atoms with Gasteiger partial charge in [0.15, 0.2) is 0 Å². The molecule has 1 aromatic rings. The maximum absolute atomic E-state index is 12.1. The molecule has 1 N–H and O–H groups in total. The van der Waals surface area contributed by atoms with Crippen LogP contribution in [-0.2, 0) is 9.53 Å². The van der Waals surface area contributed by atoms with E-state index in [1.54, 1.807) is 0 Å². The van der Waals surface area contributed by atoms with Crippen LogP contribution in [0.5, 0.6) is 0 Å². The van der Waals surface area contributed by atoms with Gasteiger partial charge in [-0.2, -0.15) is 0 Å². The second kappa shape index (κ2) is 7.29. The molecule has 106 valence electrons. The van der Waals surface area contributed by atoms with Crippen molar-refractivity contribution >= 4 is 5.97 Å². The molecule has 0 bridgehead atoms. The summed E-state index contributed by atoms with van der Waals surface area (Å²) in [7, 11) is 0. The van der Waals surface area contributed by atoms with Gasteiger partial charge in [-0.15, -0.1) is 0 Å². The standard InChI is InChI=1S/C16H25NO2/c1-6-13(5)17-15(16(18)19-7-2)14-9-8-11(3)12(4)10-14/h8-10,13,15,17H,6-7H2,1-5H3. The highest BCUT2D eigenvalue weighted by molar-refractivity contribution is 5.77. The van der Waals surface area contributed by atoms with E-state index in [9.17, 15) is 4.79 Å². The molecule has 0 aromatic heterocycles. The minimum atomic E-state index is -0.380. The first-order chi connectivity index (χ1) is 8.99. The summed E-state index contributed by atoms with van der Waals surface area (Å²) in [5, 5.41) is 3.34. The molecule has 0 spiro atoms. The van der Waals surface area contributed by atoms with Gasteiger partial charge in [0.25, 0.3) is 0 Å². The van der Waals surface area contributed by atoms with Crippen LogP contribution in [0.3, 0.4) is 0 Å². The van der Waals surface area contributed by atoms with Crippen molar-refractivity contribution in [3.63, 3.8) is 0 Å². The summed E-state index contributed by atoms with van der Waals surface area (Å²) in [6, 6.07) is 6.01. The van der Waals surface area contributed by atoms with Crippen LogP contribution in [-0.4, -0.2) is 18.6 Å². The number of nitrogens with one attached hydrogen (secondary N) is 1. The van der Waals surface area contributed by atoms with Crippen LogP contribution in [0.1, 0.15) is 49.9 Å². The molecule has 1 aromatic carbocycles. The molecule has 3 nitrogen and oxygen atoms in total.